The Morgan fingerprint density at radius 1 is 1.43 bits per heavy atom. The summed E-state index contributed by atoms with van der Waals surface area (Å²) in [5.74, 6) is 7.11. The van der Waals surface area contributed by atoms with E-state index in [0.717, 1.165) is 15.8 Å². The van der Waals surface area contributed by atoms with Crippen LogP contribution in [0.2, 0.25) is 0 Å². The van der Waals surface area contributed by atoms with E-state index in [1.165, 1.54) is 4.88 Å². The molecule has 0 aliphatic carbocycles. The van der Waals surface area contributed by atoms with Crippen molar-refractivity contribution in [3.8, 4) is 6.07 Å². The molecule has 0 saturated carbocycles. The van der Waals surface area contributed by atoms with Crippen molar-refractivity contribution in [1.29, 1.82) is 5.26 Å². The van der Waals surface area contributed by atoms with E-state index in [-0.39, 0.29) is 0 Å². The Kier molecular flexibility index (Phi) is 3.29. The minimum atomic E-state index is 0.333. The monoisotopic (exact) mass is 299 g/mol. The summed E-state index contributed by atoms with van der Waals surface area (Å²) in [5.41, 5.74) is 3.77. The van der Waals surface area contributed by atoms with Crippen molar-refractivity contribution in [2.24, 2.45) is 5.84 Å². The van der Waals surface area contributed by atoms with Gasteiger partial charge in [-0.3, -0.25) is 0 Å². The molecule has 8 heteroatoms. The van der Waals surface area contributed by atoms with Crippen molar-refractivity contribution in [3.05, 3.63) is 34.5 Å². The fourth-order valence-corrected chi connectivity index (χ4v) is 3.22. The van der Waals surface area contributed by atoms with Crippen LogP contribution in [0, 0.1) is 25.2 Å². The Bertz CT molecular complexity index is 855. The Morgan fingerprint density at radius 2 is 2.24 bits per heavy atom. The van der Waals surface area contributed by atoms with Gasteiger partial charge in [-0.05, 0) is 19.4 Å². The highest BCUT2D eigenvalue weighted by Gasteiger charge is 2.14. The summed E-state index contributed by atoms with van der Waals surface area (Å²) in [6.45, 7) is 4.45. The number of hydrazine groups is 1. The summed E-state index contributed by atoms with van der Waals surface area (Å²) in [5, 5.41) is 9.95. The lowest BCUT2D eigenvalue weighted by Gasteiger charge is -2.07. The number of imidazole rings is 1. The minimum Gasteiger partial charge on any atom is -0.315 e. The summed E-state index contributed by atoms with van der Waals surface area (Å²) >= 11 is 1.61. The molecule has 3 aromatic rings. The van der Waals surface area contributed by atoms with E-state index >= 15 is 0 Å². The zero-order chi connectivity index (χ0) is 15.0. The van der Waals surface area contributed by atoms with Gasteiger partial charge in [-0.2, -0.15) is 5.26 Å². The zero-order valence-corrected chi connectivity index (χ0v) is 12.4. The topological polar surface area (TPSA) is 105 Å². The summed E-state index contributed by atoms with van der Waals surface area (Å²) in [6.07, 6.45) is 3.31. The van der Waals surface area contributed by atoms with Gasteiger partial charge in [0.05, 0.1) is 11.9 Å². The highest BCUT2D eigenvalue weighted by atomic mass is 32.1. The van der Waals surface area contributed by atoms with Crippen molar-refractivity contribution in [1.82, 2.24) is 19.5 Å². The maximum Gasteiger partial charge on any atom is 0.213 e. The third kappa shape index (κ3) is 2.22. The first-order valence-corrected chi connectivity index (χ1v) is 7.10. The van der Waals surface area contributed by atoms with E-state index < -0.39 is 0 Å². The van der Waals surface area contributed by atoms with Crippen LogP contribution in [0.25, 0.3) is 10.2 Å². The van der Waals surface area contributed by atoms with Gasteiger partial charge in [0, 0.05) is 17.3 Å². The van der Waals surface area contributed by atoms with Crippen LogP contribution in [-0.2, 0) is 6.54 Å². The summed E-state index contributed by atoms with van der Waals surface area (Å²) in [6, 6.07) is 2.03. The number of nitrogens with one attached hydrogen (secondary N) is 1. The third-order valence-electron chi connectivity index (χ3n) is 3.34. The van der Waals surface area contributed by atoms with Gasteiger partial charge in [0.1, 0.15) is 10.9 Å². The van der Waals surface area contributed by atoms with Gasteiger partial charge in [0.25, 0.3) is 0 Å². The molecule has 106 valence electrons. The van der Waals surface area contributed by atoms with Crippen LogP contribution in [0.1, 0.15) is 22.1 Å². The fraction of sp³-hybridized carbons (Fsp3) is 0.231. The molecule has 3 heterocycles. The minimum absolute atomic E-state index is 0.333. The Morgan fingerprint density at radius 3 is 2.95 bits per heavy atom. The van der Waals surface area contributed by atoms with Crippen molar-refractivity contribution in [2.75, 3.05) is 5.43 Å². The molecule has 0 spiro atoms. The lowest BCUT2D eigenvalue weighted by molar-refractivity contribution is 0.738. The molecule has 0 atom stereocenters. The standard InChI is InChI=1S/C13H13N7S/c1-7-8(2)21-13-11(7)12(19-15)17-9(18-13)6-20-4-3-16-10(20)5-14/h3-4H,6,15H2,1-2H3,(H,17,18,19). The number of rotatable bonds is 3. The summed E-state index contributed by atoms with van der Waals surface area (Å²) in [4.78, 5) is 15.1. The molecule has 0 radical (unpaired) electrons. The normalized spacial score (nSPS) is 10.8. The van der Waals surface area contributed by atoms with Gasteiger partial charge in [0.2, 0.25) is 5.82 Å². The van der Waals surface area contributed by atoms with E-state index in [9.17, 15) is 0 Å². The van der Waals surface area contributed by atoms with Gasteiger partial charge in [-0.15, -0.1) is 11.3 Å². The molecule has 0 aliphatic heterocycles. The predicted octanol–water partition coefficient (Wildman–Crippen LogP) is 1.71. The molecule has 0 bridgehead atoms. The SMILES string of the molecule is Cc1sc2nc(Cn3ccnc3C#N)nc(NN)c2c1C. The highest BCUT2D eigenvalue weighted by molar-refractivity contribution is 7.18. The summed E-state index contributed by atoms with van der Waals surface area (Å²) < 4.78 is 1.70. The first-order valence-electron chi connectivity index (χ1n) is 6.28. The molecular weight excluding hydrogens is 286 g/mol. The van der Waals surface area contributed by atoms with E-state index in [1.54, 1.807) is 28.3 Å². The number of hydrogen-bond donors (Lipinski definition) is 2. The number of thiophene rings is 1. The van der Waals surface area contributed by atoms with E-state index in [1.807, 2.05) is 19.9 Å². The number of aryl methyl sites for hydroxylation is 2. The van der Waals surface area contributed by atoms with E-state index in [0.29, 0.717) is 24.0 Å². The number of nitrogen functional groups attached to an aromatic ring is 1. The molecule has 0 unspecified atom stereocenters. The van der Waals surface area contributed by atoms with Crippen LogP contribution in [0.3, 0.4) is 0 Å². The van der Waals surface area contributed by atoms with Crippen LogP contribution < -0.4 is 11.3 Å². The van der Waals surface area contributed by atoms with Gasteiger partial charge < -0.3 is 9.99 Å². The maximum absolute atomic E-state index is 8.99. The van der Waals surface area contributed by atoms with E-state index in [2.05, 4.69) is 20.4 Å². The van der Waals surface area contributed by atoms with Gasteiger partial charge in [-0.1, -0.05) is 0 Å². The quantitative estimate of drug-likeness (QED) is 0.563. The zero-order valence-electron chi connectivity index (χ0n) is 11.6. The molecule has 7 nitrogen and oxygen atoms in total. The molecule has 0 fully saturated rings. The fourth-order valence-electron chi connectivity index (χ4n) is 2.17. The van der Waals surface area contributed by atoms with Crippen LogP contribution in [0.4, 0.5) is 5.82 Å². The van der Waals surface area contributed by atoms with Crippen molar-refractivity contribution in [3.63, 3.8) is 0 Å². The van der Waals surface area contributed by atoms with Gasteiger partial charge in [0.15, 0.2) is 11.6 Å². The smallest absolute Gasteiger partial charge is 0.213 e. The first-order chi connectivity index (χ1) is 10.1. The molecule has 21 heavy (non-hydrogen) atoms. The average Bonchev–Trinajstić information content (AvgIpc) is 3.03. The van der Waals surface area contributed by atoms with Gasteiger partial charge >= 0.3 is 0 Å². The molecular formula is C13H13N7S. The Hall–Kier alpha value is -2.50. The Balaban J connectivity index is 2.10. The summed E-state index contributed by atoms with van der Waals surface area (Å²) in [7, 11) is 0. The molecule has 0 saturated heterocycles. The number of anilines is 1. The number of hydrogen-bond acceptors (Lipinski definition) is 7. The predicted molar refractivity (Wildman–Crippen MR) is 80.7 cm³/mol. The lowest BCUT2D eigenvalue weighted by Crippen LogP contribution is -2.12. The Labute approximate surface area is 125 Å². The van der Waals surface area contributed by atoms with Crippen molar-refractivity contribution in [2.45, 2.75) is 20.4 Å². The van der Waals surface area contributed by atoms with Crippen LogP contribution in [0.15, 0.2) is 12.4 Å². The molecule has 3 aromatic heterocycles. The molecule has 3 N–H and O–H groups in total. The first kappa shape index (κ1) is 13.5. The highest BCUT2D eigenvalue weighted by Crippen LogP contribution is 2.32. The lowest BCUT2D eigenvalue weighted by atomic mass is 10.2. The average molecular weight is 299 g/mol. The third-order valence-corrected chi connectivity index (χ3v) is 4.44. The number of fused-ring (bicyclic) bond motifs is 1. The number of nitrogens with zero attached hydrogens (tertiary/aromatic N) is 5. The molecule has 0 amide bonds. The molecule has 0 aromatic carbocycles. The molecule has 3 rings (SSSR count). The van der Waals surface area contributed by atoms with Crippen molar-refractivity contribution < 1.29 is 0 Å². The largest absolute Gasteiger partial charge is 0.315 e. The van der Waals surface area contributed by atoms with Crippen LogP contribution in [0.5, 0.6) is 0 Å². The number of nitriles is 1. The maximum atomic E-state index is 8.99. The van der Waals surface area contributed by atoms with Gasteiger partial charge in [-0.25, -0.2) is 20.8 Å². The second kappa shape index (κ2) is 5.12. The molecule has 0 aliphatic rings. The van der Waals surface area contributed by atoms with Crippen LogP contribution in [-0.4, -0.2) is 19.5 Å². The number of aromatic nitrogens is 4. The van der Waals surface area contributed by atoms with E-state index in [4.69, 9.17) is 11.1 Å². The second-order valence-electron chi connectivity index (χ2n) is 4.59. The second-order valence-corrected chi connectivity index (χ2v) is 5.79. The van der Waals surface area contributed by atoms with Crippen molar-refractivity contribution >= 4 is 27.4 Å². The van der Waals surface area contributed by atoms with Crippen LogP contribution >= 0.6 is 11.3 Å². The number of nitrogens with two attached hydrogens (primary N) is 1.